The number of amides is 1. The standard InChI is InChI=1S/C19H35N3O3Si/c1-17(2,3)25-16(23)22-19(7,15-12-14(20)10-11-21-15)13-24-26(8,9)18(4,5)6/h10-12H,13H2,1-9H3,(H2,20,21)(H,22,23). The smallest absolute Gasteiger partial charge is 0.408 e. The molecule has 0 aliphatic rings. The zero-order chi connectivity index (χ0) is 20.4. The van der Waals surface area contributed by atoms with E-state index in [2.05, 4.69) is 44.2 Å². The lowest BCUT2D eigenvalue weighted by Gasteiger charge is -2.40. The molecule has 7 heteroatoms. The number of hydrogen-bond acceptors (Lipinski definition) is 5. The van der Waals surface area contributed by atoms with Gasteiger partial charge in [-0.05, 0) is 58.0 Å². The number of carbonyl (C=O) groups excluding carboxylic acids is 1. The van der Waals surface area contributed by atoms with Crippen LogP contribution in [0.4, 0.5) is 10.5 Å². The number of nitrogens with zero attached hydrogens (tertiary/aromatic N) is 1. The van der Waals surface area contributed by atoms with Crippen LogP contribution in [0, 0.1) is 0 Å². The van der Waals surface area contributed by atoms with Crippen LogP contribution in [0.2, 0.25) is 18.1 Å². The minimum absolute atomic E-state index is 0.0585. The number of carbonyl (C=O) groups is 1. The van der Waals surface area contributed by atoms with Gasteiger partial charge in [0, 0.05) is 11.9 Å². The van der Waals surface area contributed by atoms with Crippen molar-refractivity contribution in [3.8, 4) is 0 Å². The van der Waals surface area contributed by atoms with E-state index in [1.165, 1.54) is 0 Å². The van der Waals surface area contributed by atoms with Crippen LogP contribution in [-0.4, -0.2) is 31.6 Å². The van der Waals surface area contributed by atoms with Crippen LogP contribution in [-0.2, 0) is 14.7 Å². The first kappa shape index (κ1) is 22.4. The summed E-state index contributed by atoms with van der Waals surface area (Å²) in [5, 5.41) is 2.99. The molecule has 1 atom stereocenters. The molecule has 1 unspecified atom stereocenters. The average Bonchev–Trinajstić information content (AvgIpc) is 2.42. The molecular weight excluding hydrogens is 346 g/mol. The lowest BCUT2D eigenvalue weighted by molar-refractivity contribution is 0.0413. The molecule has 1 amide bonds. The maximum Gasteiger partial charge on any atom is 0.408 e. The largest absolute Gasteiger partial charge is 0.444 e. The third-order valence-electron chi connectivity index (χ3n) is 4.65. The zero-order valence-electron chi connectivity index (χ0n) is 17.7. The average molecular weight is 382 g/mol. The third kappa shape index (κ3) is 6.28. The number of nitrogen functional groups attached to an aromatic ring is 1. The van der Waals surface area contributed by atoms with Crippen LogP contribution in [0.25, 0.3) is 0 Å². The van der Waals surface area contributed by atoms with Gasteiger partial charge in [-0.2, -0.15) is 0 Å². The third-order valence-corrected chi connectivity index (χ3v) is 9.13. The van der Waals surface area contributed by atoms with Crippen LogP contribution in [0.3, 0.4) is 0 Å². The van der Waals surface area contributed by atoms with Gasteiger partial charge in [-0.25, -0.2) is 4.79 Å². The molecule has 1 aromatic rings. The predicted molar refractivity (Wildman–Crippen MR) is 109 cm³/mol. The highest BCUT2D eigenvalue weighted by atomic mass is 28.4. The Hall–Kier alpha value is -1.60. The number of anilines is 1. The molecule has 0 aromatic carbocycles. The summed E-state index contributed by atoms with van der Waals surface area (Å²) in [6.07, 6.45) is 1.12. The molecule has 1 heterocycles. The van der Waals surface area contributed by atoms with Crippen molar-refractivity contribution in [2.45, 2.75) is 77.7 Å². The van der Waals surface area contributed by atoms with Gasteiger partial charge in [0.2, 0.25) is 0 Å². The van der Waals surface area contributed by atoms with Gasteiger partial charge in [-0.3, -0.25) is 4.98 Å². The van der Waals surface area contributed by atoms with Gasteiger partial charge < -0.3 is 20.2 Å². The Morgan fingerprint density at radius 2 is 1.77 bits per heavy atom. The molecule has 0 saturated carbocycles. The summed E-state index contributed by atoms with van der Waals surface area (Å²) in [4.78, 5) is 16.8. The van der Waals surface area contributed by atoms with E-state index >= 15 is 0 Å². The molecule has 0 fully saturated rings. The highest BCUT2D eigenvalue weighted by Crippen LogP contribution is 2.37. The Morgan fingerprint density at radius 1 is 1.19 bits per heavy atom. The zero-order valence-corrected chi connectivity index (χ0v) is 18.7. The molecule has 0 spiro atoms. The minimum Gasteiger partial charge on any atom is -0.444 e. The molecule has 0 aliphatic heterocycles. The fourth-order valence-corrected chi connectivity index (χ4v) is 3.08. The van der Waals surface area contributed by atoms with E-state index in [-0.39, 0.29) is 5.04 Å². The van der Waals surface area contributed by atoms with Gasteiger partial charge in [0.25, 0.3) is 0 Å². The first-order chi connectivity index (χ1) is 11.6. The van der Waals surface area contributed by atoms with Crippen molar-refractivity contribution < 1.29 is 14.0 Å². The number of nitrogens with two attached hydrogens (primary N) is 1. The Kier molecular flexibility index (Phi) is 6.53. The van der Waals surface area contributed by atoms with E-state index in [9.17, 15) is 4.79 Å². The summed E-state index contributed by atoms with van der Waals surface area (Å²) in [5.74, 6) is 0. The van der Waals surface area contributed by atoms with Gasteiger partial charge in [0.05, 0.1) is 12.3 Å². The van der Waals surface area contributed by atoms with Crippen molar-refractivity contribution in [1.82, 2.24) is 10.3 Å². The highest BCUT2D eigenvalue weighted by Gasteiger charge is 2.41. The first-order valence-electron chi connectivity index (χ1n) is 8.93. The van der Waals surface area contributed by atoms with Crippen molar-refractivity contribution in [2.24, 2.45) is 0 Å². The van der Waals surface area contributed by atoms with E-state index in [1.54, 1.807) is 18.3 Å². The normalized spacial score (nSPS) is 15.3. The number of hydrogen-bond donors (Lipinski definition) is 2. The molecular formula is C19H35N3O3Si. The van der Waals surface area contributed by atoms with E-state index < -0.39 is 25.6 Å². The lowest BCUT2D eigenvalue weighted by atomic mass is 9.98. The fraction of sp³-hybridized carbons (Fsp3) is 0.684. The SMILES string of the molecule is CC(C)(C)OC(=O)NC(C)(CO[Si](C)(C)C(C)(C)C)c1cc(N)ccn1. The summed E-state index contributed by atoms with van der Waals surface area (Å²) in [6.45, 7) is 18.5. The quantitative estimate of drug-likeness (QED) is 0.737. The molecule has 0 radical (unpaired) electrons. The number of nitrogens with one attached hydrogen (secondary N) is 1. The maximum atomic E-state index is 12.4. The Labute approximate surface area is 159 Å². The molecule has 6 nitrogen and oxygen atoms in total. The van der Waals surface area contributed by atoms with Crippen molar-refractivity contribution in [1.29, 1.82) is 0 Å². The number of alkyl carbamates (subject to hydrolysis) is 1. The summed E-state index contributed by atoms with van der Waals surface area (Å²) in [6, 6.07) is 3.47. The Bertz CT molecular complexity index is 636. The predicted octanol–water partition coefficient (Wildman–Crippen LogP) is 4.43. The second kappa shape index (κ2) is 7.56. The maximum absolute atomic E-state index is 12.4. The molecule has 1 rings (SSSR count). The van der Waals surface area contributed by atoms with Crippen LogP contribution in [0.5, 0.6) is 0 Å². The summed E-state index contributed by atoms with van der Waals surface area (Å²) >= 11 is 0. The summed E-state index contributed by atoms with van der Waals surface area (Å²) < 4.78 is 11.8. The second-order valence-corrected chi connectivity index (χ2v) is 14.3. The van der Waals surface area contributed by atoms with Gasteiger partial charge in [-0.15, -0.1) is 0 Å². The first-order valence-corrected chi connectivity index (χ1v) is 11.8. The van der Waals surface area contributed by atoms with Gasteiger partial charge in [-0.1, -0.05) is 20.8 Å². The van der Waals surface area contributed by atoms with Gasteiger partial charge in [0.1, 0.15) is 11.1 Å². The minimum atomic E-state index is -2.01. The molecule has 26 heavy (non-hydrogen) atoms. The lowest BCUT2D eigenvalue weighted by Crippen LogP contribution is -2.52. The van der Waals surface area contributed by atoms with Crippen LogP contribution in [0.1, 0.15) is 54.2 Å². The molecule has 0 saturated heterocycles. The van der Waals surface area contributed by atoms with Crippen LogP contribution in [0.15, 0.2) is 18.3 Å². The van der Waals surface area contributed by atoms with Crippen molar-refractivity contribution in [3.63, 3.8) is 0 Å². The highest BCUT2D eigenvalue weighted by molar-refractivity contribution is 6.74. The van der Waals surface area contributed by atoms with Crippen molar-refractivity contribution in [3.05, 3.63) is 24.0 Å². The van der Waals surface area contributed by atoms with Crippen LogP contribution < -0.4 is 11.1 Å². The number of pyridine rings is 1. The molecule has 148 valence electrons. The van der Waals surface area contributed by atoms with E-state index in [0.717, 1.165) is 0 Å². The second-order valence-electron chi connectivity index (χ2n) is 9.48. The van der Waals surface area contributed by atoms with E-state index in [4.69, 9.17) is 14.9 Å². The monoisotopic (exact) mass is 381 g/mol. The number of rotatable bonds is 5. The van der Waals surface area contributed by atoms with Crippen LogP contribution >= 0.6 is 0 Å². The van der Waals surface area contributed by atoms with Gasteiger partial charge in [0.15, 0.2) is 8.32 Å². The number of ether oxygens (including phenoxy) is 1. The summed E-state index contributed by atoms with van der Waals surface area (Å²) in [7, 11) is -2.01. The Morgan fingerprint density at radius 3 is 2.23 bits per heavy atom. The summed E-state index contributed by atoms with van der Waals surface area (Å²) in [5.41, 5.74) is 5.70. The van der Waals surface area contributed by atoms with Crippen molar-refractivity contribution in [2.75, 3.05) is 12.3 Å². The van der Waals surface area contributed by atoms with Crippen molar-refractivity contribution >= 4 is 20.1 Å². The van der Waals surface area contributed by atoms with E-state index in [1.807, 2.05) is 27.7 Å². The topological polar surface area (TPSA) is 86.5 Å². The van der Waals surface area contributed by atoms with E-state index in [0.29, 0.717) is 18.0 Å². The number of aromatic nitrogens is 1. The van der Waals surface area contributed by atoms with Gasteiger partial charge >= 0.3 is 6.09 Å². The molecule has 0 aliphatic carbocycles. The molecule has 3 N–H and O–H groups in total. The fourth-order valence-electron chi connectivity index (χ4n) is 1.99. The Balaban J connectivity index is 3.12. The molecule has 0 bridgehead atoms. The molecule has 1 aromatic heterocycles.